The molecular formula is C20H32O7. The third-order valence-electron chi connectivity index (χ3n) is 3.95. The van der Waals surface area contributed by atoms with Crippen LogP contribution in [0.15, 0.2) is 0 Å². The zero-order chi connectivity index (χ0) is 20.2. The average Bonchev–Trinajstić information content (AvgIpc) is 2.64. The lowest BCUT2D eigenvalue weighted by atomic mass is 10.1. The van der Waals surface area contributed by atoms with Crippen LogP contribution in [0.4, 0.5) is 0 Å². The Kier molecular flexibility index (Phi) is 10.2. The van der Waals surface area contributed by atoms with Crippen LogP contribution in [0, 0.1) is 0 Å². The fourth-order valence-corrected chi connectivity index (χ4v) is 2.39. The number of benzene rings is 1. The van der Waals surface area contributed by atoms with Crippen molar-refractivity contribution in [2.24, 2.45) is 0 Å². The Morgan fingerprint density at radius 1 is 0.778 bits per heavy atom. The number of carboxylic acids is 1. The number of hydrogen-bond acceptors (Lipinski definition) is 6. The number of carboxylic acid groups (broad SMARTS) is 1. The molecule has 0 aliphatic heterocycles. The first-order valence-corrected chi connectivity index (χ1v) is 9.61. The lowest BCUT2D eigenvalue weighted by Gasteiger charge is -2.22. The minimum atomic E-state index is -1.32. The largest absolute Gasteiger partial charge is 0.503 e. The molecule has 0 spiro atoms. The molecule has 0 aliphatic rings. The van der Waals surface area contributed by atoms with Crippen LogP contribution in [-0.2, 0) is 0 Å². The maximum absolute atomic E-state index is 11.8. The molecular weight excluding hydrogens is 352 g/mol. The molecule has 0 atom stereocenters. The molecule has 0 aliphatic carbocycles. The van der Waals surface area contributed by atoms with E-state index < -0.39 is 11.7 Å². The monoisotopic (exact) mass is 384 g/mol. The van der Waals surface area contributed by atoms with E-state index in [2.05, 4.69) is 0 Å². The van der Waals surface area contributed by atoms with E-state index in [1.165, 1.54) is 7.11 Å². The molecule has 1 rings (SSSR count). The molecule has 0 heterocycles. The molecule has 0 saturated heterocycles. The van der Waals surface area contributed by atoms with Gasteiger partial charge in [0.15, 0.2) is 17.1 Å². The van der Waals surface area contributed by atoms with Gasteiger partial charge in [-0.2, -0.15) is 0 Å². The van der Waals surface area contributed by atoms with Gasteiger partial charge in [0.25, 0.3) is 0 Å². The second-order valence-electron chi connectivity index (χ2n) is 6.16. The summed E-state index contributed by atoms with van der Waals surface area (Å²) >= 11 is 0. The molecule has 0 saturated carbocycles. The lowest BCUT2D eigenvalue weighted by molar-refractivity contribution is 0.0686. The summed E-state index contributed by atoms with van der Waals surface area (Å²) in [5.41, 5.74) is -0.378. The van der Waals surface area contributed by atoms with Crippen molar-refractivity contribution in [1.29, 1.82) is 0 Å². The highest BCUT2D eigenvalue weighted by atomic mass is 16.6. The van der Waals surface area contributed by atoms with Gasteiger partial charge in [-0.05, 0) is 19.3 Å². The Morgan fingerprint density at radius 3 is 1.56 bits per heavy atom. The summed E-state index contributed by atoms with van der Waals surface area (Å²) in [5.74, 6) is -1.57. The van der Waals surface area contributed by atoms with Crippen LogP contribution < -0.4 is 18.9 Å². The van der Waals surface area contributed by atoms with Crippen LogP contribution in [0.25, 0.3) is 0 Å². The first-order valence-electron chi connectivity index (χ1n) is 9.61. The topological polar surface area (TPSA) is 94.5 Å². The number of ether oxygens (including phenoxy) is 4. The van der Waals surface area contributed by atoms with E-state index in [1.807, 2.05) is 20.8 Å². The molecule has 0 amide bonds. The van der Waals surface area contributed by atoms with Crippen molar-refractivity contribution in [3.63, 3.8) is 0 Å². The van der Waals surface area contributed by atoms with Gasteiger partial charge in [-0.3, -0.25) is 0 Å². The van der Waals surface area contributed by atoms with Crippen molar-refractivity contribution in [2.75, 3.05) is 26.9 Å². The minimum absolute atomic E-state index is 0.0168. The molecule has 0 fully saturated rings. The highest BCUT2D eigenvalue weighted by Crippen LogP contribution is 2.53. The van der Waals surface area contributed by atoms with Crippen LogP contribution >= 0.6 is 0 Å². The number of unbranched alkanes of at least 4 members (excludes halogenated alkanes) is 3. The number of rotatable bonds is 14. The van der Waals surface area contributed by atoms with Crippen molar-refractivity contribution in [2.45, 2.75) is 59.3 Å². The number of carbonyl (C=O) groups is 1. The summed E-state index contributed by atoms with van der Waals surface area (Å²) in [5, 5.41) is 20.1. The smallest absolute Gasteiger partial charge is 0.343 e. The maximum Gasteiger partial charge on any atom is 0.343 e. The lowest BCUT2D eigenvalue weighted by Crippen LogP contribution is -2.11. The van der Waals surface area contributed by atoms with E-state index in [1.54, 1.807) is 0 Å². The van der Waals surface area contributed by atoms with E-state index in [9.17, 15) is 15.0 Å². The van der Waals surface area contributed by atoms with Crippen molar-refractivity contribution >= 4 is 5.97 Å². The Morgan fingerprint density at radius 2 is 1.19 bits per heavy atom. The Hall–Kier alpha value is -2.31. The summed E-state index contributed by atoms with van der Waals surface area (Å²) in [6, 6.07) is 0. The first kappa shape index (κ1) is 22.7. The van der Waals surface area contributed by atoms with Gasteiger partial charge in [-0.1, -0.05) is 40.0 Å². The fourth-order valence-electron chi connectivity index (χ4n) is 2.39. The summed E-state index contributed by atoms with van der Waals surface area (Å²) in [7, 11) is 1.35. The van der Waals surface area contributed by atoms with Crippen molar-refractivity contribution < 1.29 is 34.0 Å². The Bertz CT molecular complexity index is 599. The number of methoxy groups -OCH3 is 1. The molecule has 0 bridgehead atoms. The number of phenols is 1. The quantitative estimate of drug-likeness (QED) is 0.451. The Balaban J connectivity index is 3.51. The first-order chi connectivity index (χ1) is 13.0. The molecule has 0 aromatic heterocycles. The molecule has 7 heteroatoms. The normalized spacial score (nSPS) is 10.5. The molecule has 7 nitrogen and oxygen atoms in total. The van der Waals surface area contributed by atoms with Gasteiger partial charge in [0, 0.05) is 0 Å². The van der Waals surface area contributed by atoms with E-state index >= 15 is 0 Å². The third kappa shape index (κ3) is 6.12. The third-order valence-corrected chi connectivity index (χ3v) is 3.95. The van der Waals surface area contributed by atoms with E-state index in [0.29, 0.717) is 19.8 Å². The van der Waals surface area contributed by atoms with Crippen LogP contribution in [-0.4, -0.2) is 43.1 Å². The maximum atomic E-state index is 11.8. The minimum Gasteiger partial charge on any atom is -0.503 e. The second-order valence-corrected chi connectivity index (χ2v) is 6.16. The van der Waals surface area contributed by atoms with Crippen molar-refractivity contribution in [3.05, 3.63) is 5.56 Å². The molecule has 1 aromatic carbocycles. The van der Waals surface area contributed by atoms with Gasteiger partial charge < -0.3 is 29.2 Å². The van der Waals surface area contributed by atoms with E-state index in [0.717, 1.165) is 38.5 Å². The second kappa shape index (κ2) is 12.1. The van der Waals surface area contributed by atoms with Crippen LogP contribution in [0.5, 0.6) is 28.7 Å². The van der Waals surface area contributed by atoms with E-state index in [-0.39, 0.29) is 28.6 Å². The average molecular weight is 384 g/mol. The standard InChI is InChI=1S/C20H32O7/c1-5-8-11-25-16-14(20(22)23)15(21)17(24-4)19(27-13-10-7-3)18(16)26-12-9-6-2/h21H,5-13H2,1-4H3,(H,22,23). The predicted octanol–water partition coefficient (Wildman–Crippen LogP) is 4.64. The summed E-state index contributed by atoms with van der Waals surface area (Å²) in [6.07, 6.45) is 5.05. The molecule has 154 valence electrons. The number of aromatic hydroxyl groups is 1. The van der Waals surface area contributed by atoms with Gasteiger partial charge in [-0.15, -0.1) is 0 Å². The zero-order valence-corrected chi connectivity index (χ0v) is 16.8. The molecule has 0 unspecified atom stereocenters. The van der Waals surface area contributed by atoms with Gasteiger partial charge in [0.1, 0.15) is 0 Å². The van der Waals surface area contributed by atoms with Gasteiger partial charge >= 0.3 is 5.97 Å². The highest BCUT2D eigenvalue weighted by Gasteiger charge is 2.32. The SMILES string of the molecule is CCCCOc1c(OC)c(O)c(C(=O)O)c(OCCCC)c1OCCCC. The van der Waals surface area contributed by atoms with Gasteiger partial charge in [0.2, 0.25) is 17.2 Å². The fraction of sp³-hybridized carbons (Fsp3) is 0.650. The van der Waals surface area contributed by atoms with Crippen molar-refractivity contribution in [3.8, 4) is 28.7 Å². The van der Waals surface area contributed by atoms with Crippen LogP contribution in [0.2, 0.25) is 0 Å². The molecule has 1 aromatic rings. The van der Waals surface area contributed by atoms with E-state index in [4.69, 9.17) is 18.9 Å². The number of hydrogen-bond donors (Lipinski definition) is 2. The summed E-state index contributed by atoms with van der Waals surface area (Å²) < 4.78 is 22.6. The zero-order valence-electron chi connectivity index (χ0n) is 16.8. The highest BCUT2D eigenvalue weighted by molar-refractivity contribution is 5.97. The predicted molar refractivity (Wildman–Crippen MR) is 103 cm³/mol. The summed E-state index contributed by atoms with van der Waals surface area (Å²) in [4.78, 5) is 11.8. The molecule has 0 radical (unpaired) electrons. The van der Waals surface area contributed by atoms with Gasteiger partial charge in [-0.25, -0.2) is 4.79 Å². The Labute approximate surface area is 161 Å². The van der Waals surface area contributed by atoms with Crippen LogP contribution in [0.1, 0.15) is 69.7 Å². The molecule has 2 N–H and O–H groups in total. The molecule has 27 heavy (non-hydrogen) atoms. The summed E-state index contributed by atoms with van der Waals surface area (Å²) in [6.45, 7) is 7.13. The van der Waals surface area contributed by atoms with Crippen molar-refractivity contribution in [1.82, 2.24) is 0 Å². The van der Waals surface area contributed by atoms with Crippen LogP contribution in [0.3, 0.4) is 0 Å². The van der Waals surface area contributed by atoms with Gasteiger partial charge in [0.05, 0.1) is 26.9 Å². The number of aromatic carboxylic acids is 1.